The van der Waals surface area contributed by atoms with Gasteiger partial charge in [-0.2, -0.15) is 0 Å². The second-order valence-electron chi connectivity index (χ2n) is 5.47. The molecule has 0 aliphatic rings. The Balaban J connectivity index is 1.84. The van der Waals surface area contributed by atoms with Crippen LogP contribution >= 0.6 is 11.8 Å². The molecule has 0 unspecified atom stereocenters. The fourth-order valence-corrected chi connectivity index (χ4v) is 3.27. The first-order valence-corrected chi connectivity index (χ1v) is 9.08. The number of aromatic nitrogens is 3. The van der Waals surface area contributed by atoms with Crippen molar-refractivity contribution in [1.82, 2.24) is 14.8 Å². The highest BCUT2D eigenvalue weighted by molar-refractivity contribution is 7.99. The van der Waals surface area contributed by atoms with Gasteiger partial charge in [-0.15, -0.1) is 10.2 Å². The van der Waals surface area contributed by atoms with E-state index < -0.39 is 0 Å². The number of hydrogen-bond acceptors (Lipinski definition) is 5. The maximum Gasteiger partial charge on any atom is 0.196 e. The summed E-state index contributed by atoms with van der Waals surface area (Å²) in [5, 5.41) is 9.52. The van der Waals surface area contributed by atoms with Gasteiger partial charge < -0.3 is 9.47 Å². The van der Waals surface area contributed by atoms with Crippen LogP contribution < -0.4 is 4.74 Å². The summed E-state index contributed by atoms with van der Waals surface area (Å²) in [5.74, 6) is 2.45. The second kappa shape index (κ2) is 8.69. The monoisotopic (exact) mass is 355 g/mol. The molecule has 0 N–H and O–H groups in total. The molecule has 5 nitrogen and oxygen atoms in total. The Kier molecular flexibility index (Phi) is 6.09. The smallest absolute Gasteiger partial charge is 0.196 e. The number of thioether (sulfide) groups is 1. The predicted molar refractivity (Wildman–Crippen MR) is 99.5 cm³/mol. The number of para-hydroxylation sites is 2. The number of methoxy groups -OCH3 is 1. The molecule has 6 heteroatoms. The summed E-state index contributed by atoms with van der Waals surface area (Å²) in [7, 11) is 1.70. The van der Waals surface area contributed by atoms with Gasteiger partial charge in [0, 0.05) is 18.6 Å². The van der Waals surface area contributed by atoms with Crippen molar-refractivity contribution in [3.63, 3.8) is 0 Å². The van der Waals surface area contributed by atoms with E-state index in [4.69, 9.17) is 9.47 Å². The maximum absolute atomic E-state index is 5.97. The van der Waals surface area contributed by atoms with Gasteiger partial charge >= 0.3 is 0 Å². The highest BCUT2D eigenvalue weighted by Crippen LogP contribution is 2.23. The molecule has 0 fully saturated rings. The van der Waals surface area contributed by atoms with Gasteiger partial charge in [0.1, 0.15) is 12.4 Å². The van der Waals surface area contributed by atoms with Crippen molar-refractivity contribution in [2.75, 3.05) is 19.5 Å². The summed E-state index contributed by atoms with van der Waals surface area (Å²) < 4.78 is 13.1. The highest BCUT2D eigenvalue weighted by Gasteiger charge is 2.15. The zero-order valence-electron chi connectivity index (χ0n) is 14.4. The van der Waals surface area contributed by atoms with Crippen LogP contribution in [0.3, 0.4) is 0 Å². The Hall–Kier alpha value is -2.31. The zero-order chi connectivity index (χ0) is 17.5. The Bertz CT molecular complexity index is 805. The molecule has 0 saturated carbocycles. The van der Waals surface area contributed by atoms with Crippen LogP contribution in [-0.2, 0) is 11.3 Å². The van der Waals surface area contributed by atoms with Crippen molar-refractivity contribution in [3.8, 4) is 11.4 Å². The van der Waals surface area contributed by atoms with Crippen LogP contribution in [0, 0.1) is 6.92 Å². The summed E-state index contributed by atoms with van der Waals surface area (Å²) >= 11 is 1.62. The van der Waals surface area contributed by atoms with Crippen LogP contribution in [0.2, 0.25) is 0 Å². The summed E-state index contributed by atoms with van der Waals surface area (Å²) in [5.41, 5.74) is 2.12. The molecule has 0 saturated heterocycles. The van der Waals surface area contributed by atoms with Crippen LogP contribution in [0.25, 0.3) is 5.69 Å². The molecule has 0 bridgehead atoms. The zero-order valence-corrected chi connectivity index (χ0v) is 15.2. The summed E-state index contributed by atoms with van der Waals surface area (Å²) in [6.45, 7) is 3.06. The van der Waals surface area contributed by atoms with Gasteiger partial charge in [0.15, 0.2) is 11.0 Å². The molecule has 1 heterocycles. The van der Waals surface area contributed by atoms with Crippen LogP contribution in [0.5, 0.6) is 5.75 Å². The molecule has 25 heavy (non-hydrogen) atoms. The number of rotatable bonds is 8. The van der Waals surface area contributed by atoms with E-state index in [9.17, 15) is 0 Å². The lowest BCUT2D eigenvalue weighted by atomic mass is 10.2. The van der Waals surface area contributed by atoms with Gasteiger partial charge in [-0.05, 0) is 30.7 Å². The number of benzene rings is 2. The summed E-state index contributed by atoms with van der Waals surface area (Å²) in [6, 6.07) is 18.1. The standard InChI is InChI=1S/C19H21N3O2S/c1-15-8-6-7-11-17(15)24-14-18-20-21-19(25-13-12-23-2)22(18)16-9-4-3-5-10-16/h3-11H,12-14H2,1-2H3. The second-order valence-corrected chi connectivity index (χ2v) is 6.53. The largest absolute Gasteiger partial charge is 0.485 e. The Labute approximate surface area is 152 Å². The molecule has 130 valence electrons. The fraction of sp³-hybridized carbons (Fsp3) is 0.263. The summed E-state index contributed by atoms with van der Waals surface area (Å²) in [4.78, 5) is 0. The van der Waals surface area contributed by atoms with Gasteiger partial charge in [-0.1, -0.05) is 48.2 Å². The van der Waals surface area contributed by atoms with Crippen LogP contribution in [-0.4, -0.2) is 34.2 Å². The van der Waals surface area contributed by atoms with Crippen molar-refractivity contribution in [1.29, 1.82) is 0 Å². The molecule has 2 aromatic carbocycles. The average Bonchev–Trinajstić information content (AvgIpc) is 3.05. The third kappa shape index (κ3) is 4.41. The number of nitrogens with zero attached hydrogens (tertiary/aromatic N) is 3. The molecular formula is C19H21N3O2S. The first-order chi connectivity index (χ1) is 12.3. The van der Waals surface area contributed by atoms with Crippen molar-refractivity contribution < 1.29 is 9.47 Å². The normalized spacial score (nSPS) is 10.8. The van der Waals surface area contributed by atoms with Crippen molar-refractivity contribution >= 4 is 11.8 Å². The van der Waals surface area contributed by atoms with Gasteiger partial charge in [0.2, 0.25) is 0 Å². The lowest BCUT2D eigenvalue weighted by molar-refractivity contribution is 0.218. The van der Waals surface area contributed by atoms with Crippen LogP contribution in [0.15, 0.2) is 59.8 Å². The third-order valence-electron chi connectivity index (χ3n) is 3.68. The molecular weight excluding hydrogens is 334 g/mol. The average molecular weight is 355 g/mol. The van der Waals surface area contributed by atoms with Crippen LogP contribution in [0.1, 0.15) is 11.4 Å². The molecule has 0 amide bonds. The van der Waals surface area contributed by atoms with Crippen molar-refractivity contribution in [3.05, 3.63) is 66.0 Å². The maximum atomic E-state index is 5.97. The lowest BCUT2D eigenvalue weighted by Gasteiger charge is -2.12. The minimum atomic E-state index is 0.359. The first kappa shape index (κ1) is 17.5. The van der Waals surface area contributed by atoms with E-state index in [0.29, 0.717) is 13.2 Å². The van der Waals surface area contributed by atoms with Crippen LogP contribution in [0.4, 0.5) is 0 Å². The molecule has 0 radical (unpaired) electrons. The molecule has 0 spiro atoms. The van der Waals surface area contributed by atoms with E-state index in [0.717, 1.165) is 33.7 Å². The van der Waals surface area contributed by atoms with Crippen molar-refractivity contribution in [2.24, 2.45) is 0 Å². The third-order valence-corrected chi connectivity index (χ3v) is 4.58. The van der Waals surface area contributed by atoms with Gasteiger partial charge in [-0.3, -0.25) is 4.57 Å². The molecule has 0 aliphatic heterocycles. The molecule has 3 rings (SSSR count). The minimum Gasteiger partial charge on any atom is -0.485 e. The number of ether oxygens (including phenoxy) is 2. The number of hydrogen-bond donors (Lipinski definition) is 0. The number of aryl methyl sites for hydroxylation is 1. The predicted octanol–water partition coefficient (Wildman–Crippen LogP) is 3.89. The Morgan fingerprint density at radius 1 is 1.00 bits per heavy atom. The fourth-order valence-electron chi connectivity index (χ4n) is 2.40. The SMILES string of the molecule is COCCSc1nnc(COc2ccccc2C)n1-c1ccccc1. The highest BCUT2D eigenvalue weighted by atomic mass is 32.2. The van der Waals surface area contributed by atoms with E-state index >= 15 is 0 Å². The lowest BCUT2D eigenvalue weighted by Crippen LogP contribution is -2.07. The first-order valence-electron chi connectivity index (χ1n) is 8.09. The van der Waals surface area contributed by atoms with E-state index in [1.54, 1.807) is 18.9 Å². The minimum absolute atomic E-state index is 0.359. The van der Waals surface area contributed by atoms with E-state index in [2.05, 4.69) is 10.2 Å². The van der Waals surface area contributed by atoms with Gasteiger partial charge in [-0.25, -0.2) is 0 Å². The Morgan fingerprint density at radius 2 is 1.76 bits per heavy atom. The Morgan fingerprint density at radius 3 is 2.52 bits per heavy atom. The molecule has 3 aromatic rings. The van der Waals surface area contributed by atoms with E-state index in [1.165, 1.54) is 0 Å². The van der Waals surface area contributed by atoms with Crippen molar-refractivity contribution in [2.45, 2.75) is 18.7 Å². The summed E-state index contributed by atoms with van der Waals surface area (Å²) in [6.07, 6.45) is 0. The molecule has 0 atom stereocenters. The topological polar surface area (TPSA) is 49.2 Å². The van der Waals surface area contributed by atoms with E-state index in [-0.39, 0.29) is 0 Å². The molecule has 1 aromatic heterocycles. The van der Waals surface area contributed by atoms with Gasteiger partial charge in [0.05, 0.1) is 6.61 Å². The van der Waals surface area contributed by atoms with Gasteiger partial charge in [0.25, 0.3) is 0 Å². The van der Waals surface area contributed by atoms with E-state index in [1.807, 2.05) is 66.1 Å². The molecule has 0 aliphatic carbocycles. The quantitative estimate of drug-likeness (QED) is 0.453.